The Morgan fingerprint density at radius 2 is 1.96 bits per heavy atom. The van der Waals surface area contributed by atoms with Crippen LogP contribution in [-0.4, -0.2) is 75.5 Å². The molecule has 0 saturated carbocycles. The van der Waals surface area contributed by atoms with Crippen LogP contribution < -0.4 is 10.2 Å². The molecule has 2 amide bonds. The van der Waals surface area contributed by atoms with Gasteiger partial charge in [0.05, 0.1) is 11.4 Å². The number of anilines is 1. The Labute approximate surface area is 157 Å². The number of aromatic nitrogens is 4. The number of piperazine rings is 1. The quantitative estimate of drug-likeness (QED) is 0.725. The molecule has 0 bridgehead atoms. The van der Waals surface area contributed by atoms with Gasteiger partial charge in [-0.1, -0.05) is 27.6 Å². The minimum atomic E-state index is -0.0401. The van der Waals surface area contributed by atoms with Crippen LogP contribution in [0.15, 0.2) is 4.34 Å². The SMILES string of the molecule is CNC(=O)CSc1nnc(N2CCN(C(=O)c3snnc3C)CC2)s1. The van der Waals surface area contributed by atoms with Crippen molar-refractivity contribution in [3.63, 3.8) is 0 Å². The van der Waals surface area contributed by atoms with Gasteiger partial charge >= 0.3 is 0 Å². The monoisotopic (exact) mass is 399 g/mol. The lowest BCUT2D eigenvalue weighted by molar-refractivity contribution is -0.118. The summed E-state index contributed by atoms with van der Waals surface area (Å²) in [7, 11) is 1.61. The Morgan fingerprint density at radius 1 is 1.20 bits per heavy atom. The van der Waals surface area contributed by atoms with E-state index in [4.69, 9.17) is 0 Å². The molecular formula is C13H17N7O2S3. The third kappa shape index (κ3) is 4.25. The van der Waals surface area contributed by atoms with Crippen molar-refractivity contribution in [2.75, 3.05) is 43.9 Å². The zero-order chi connectivity index (χ0) is 17.8. The zero-order valence-electron chi connectivity index (χ0n) is 13.8. The van der Waals surface area contributed by atoms with Crippen molar-refractivity contribution >= 4 is 51.6 Å². The fourth-order valence-electron chi connectivity index (χ4n) is 2.26. The first-order valence-corrected chi connectivity index (χ1v) is 10.2. The molecule has 0 radical (unpaired) electrons. The zero-order valence-corrected chi connectivity index (χ0v) is 16.2. The van der Waals surface area contributed by atoms with Crippen LogP contribution in [-0.2, 0) is 4.79 Å². The average Bonchev–Trinajstić information content (AvgIpc) is 3.28. The molecule has 3 rings (SSSR count). The van der Waals surface area contributed by atoms with Gasteiger partial charge in [0.15, 0.2) is 4.34 Å². The first kappa shape index (κ1) is 18.0. The Morgan fingerprint density at radius 3 is 2.60 bits per heavy atom. The molecule has 2 aromatic heterocycles. The van der Waals surface area contributed by atoms with E-state index in [1.54, 1.807) is 14.0 Å². The second-order valence-electron chi connectivity index (χ2n) is 5.28. The molecule has 2 aromatic rings. The molecule has 0 atom stereocenters. The summed E-state index contributed by atoms with van der Waals surface area (Å²) < 4.78 is 4.59. The predicted octanol–water partition coefficient (Wildman–Crippen LogP) is 0.499. The fourth-order valence-corrected chi connectivity index (χ4v) is 4.65. The number of thioether (sulfide) groups is 1. The summed E-state index contributed by atoms with van der Waals surface area (Å²) >= 11 is 3.98. The van der Waals surface area contributed by atoms with Crippen LogP contribution in [0.5, 0.6) is 0 Å². The first-order valence-electron chi connectivity index (χ1n) is 7.58. The molecule has 0 aliphatic carbocycles. The molecule has 25 heavy (non-hydrogen) atoms. The molecule has 0 spiro atoms. The summed E-state index contributed by atoms with van der Waals surface area (Å²) in [6.07, 6.45) is 0. The van der Waals surface area contributed by atoms with Crippen LogP contribution in [0.4, 0.5) is 5.13 Å². The molecule has 3 heterocycles. The van der Waals surface area contributed by atoms with Crippen molar-refractivity contribution in [2.45, 2.75) is 11.3 Å². The summed E-state index contributed by atoms with van der Waals surface area (Å²) in [6.45, 7) is 4.44. The molecule has 0 unspecified atom stereocenters. The minimum absolute atomic E-state index is 0.00811. The Hall–Kier alpha value is -1.79. The van der Waals surface area contributed by atoms with E-state index in [1.807, 2.05) is 4.90 Å². The number of rotatable bonds is 5. The van der Waals surface area contributed by atoms with Gasteiger partial charge in [-0.05, 0) is 18.5 Å². The first-order chi connectivity index (χ1) is 12.1. The minimum Gasteiger partial charge on any atom is -0.358 e. The molecule has 1 fully saturated rings. The molecule has 1 aliphatic rings. The van der Waals surface area contributed by atoms with Crippen molar-refractivity contribution in [3.05, 3.63) is 10.6 Å². The van der Waals surface area contributed by atoms with E-state index in [9.17, 15) is 9.59 Å². The molecule has 12 heteroatoms. The van der Waals surface area contributed by atoms with Gasteiger partial charge in [-0.2, -0.15) is 0 Å². The van der Waals surface area contributed by atoms with Gasteiger partial charge in [0, 0.05) is 33.2 Å². The van der Waals surface area contributed by atoms with Crippen LogP contribution in [0.1, 0.15) is 15.4 Å². The Kier molecular flexibility index (Phi) is 5.81. The van der Waals surface area contributed by atoms with E-state index in [2.05, 4.69) is 30.0 Å². The normalized spacial score (nSPS) is 14.6. The van der Waals surface area contributed by atoms with Gasteiger partial charge in [0.2, 0.25) is 11.0 Å². The maximum absolute atomic E-state index is 12.5. The van der Waals surface area contributed by atoms with E-state index in [-0.39, 0.29) is 11.8 Å². The van der Waals surface area contributed by atoms with Gasteiger partial charge < -0.3 is 15.1 Å². The van der Waals surface area contributed by atoms with Gasteiger partial charge in [0.1, 0.15) is 4.88 Å². The number of hydrogen-bond acceptors (Lipinski definition) is 10. The highest BCUT2D eigenvalue weighted by atomic mass is 32.2. The molecule has 1 saturated heterocycles. The third-order valence-corrected chi connectivity index (χ3v) is 6.62. The lowest BCUT2D eigenvalue weighted by Gasteiger charge is -2.34. The van der Waals surface area contributed by atoms with Gasteiger partial charge in [-0.15, -0.1) is 15.3 Å². The van der Waals surface area contributed by atoms with E-state index >= 15 is 0 Å². The molecule has 0 aromatic carbocycles. The van der Waals surface area contributed by atoms with Crippen LogP contribution in [0, 0.1) is 6.92 Å². The van der Waals surface area contributed by atoms with Gasteiger partial charge in [-0.3, -0.25) is 9.59 Å². The highest BCUT2D eigenvalue weighted by molar-refractivity contribution is 8.01. The average molecular weight is 400 g/mol. The maximum Gasteiger partial charge on any atom is 0.267 e. The summed E-state index contributed by atoms with van der Waals surface area (Å²) in [5.74, 6) is 0.281. The Bertz CT molecular complexity index is 754. The predicted molar refractivity (Wildman–Crippen MR) is 97.5 cm³/mol. The van der Waals surface area contributed by atoms with Crippen LogP contribution >= 0.6 is 34.6 Å². The number of carbonyl (C=O) groups is 2. The summed E-state index contributed by atoms with van der Waals surface area (Å²) in [4.78, 5) is 28.3. The molecule has 1 N–H and O–H groups in total. The van der Waals surface area contributed by atoms with Crippen molar-refractivity contribution in [1.29, 1.82) is 0 Å². The van der Waals surface area contributed by atoms with Crippen LogP contribution in [0.3, 0.4) is 0 Å². The standard InChI is InChI=1S/C13H17N7O2S3/c1-8-10(25-18-15-8)11(22)19-3-5-20(6-4-19)12-16-17-13(24-12)23-7-9(21)14-2/h3-7H2,1-2H3,(H,14,21). The highest BCUT2D eigenvalue weighted by Gasteiger charge is 2.26. The van der Waals surface area contributed by atoms with Crippen molar-refractivity contribution in [3.8, 4) is 0 Å². The van der Waals surface area contributed by atoms with Crippen molar-refractivity contribution < 1.29 is 9.59 Å². The lowest BCUT2D eigenvalue weighted by atomic mass is 10.3. The van der Waals surface area contributed by atoms with Crippen LogP contribution in [0.25, 0.3) is 0 Å². The number of nitrogens with zero attached hydrogens (tertiary/aromatic N) is 6. The number of amides is 2. The lowest BCUT2D eigenvalue weighted by Crippen LogP contribution is -2.48. The van der Waals surface area contributed by atoms with E-state index in [0.717, 1.165) is 21.0 Å². The fraction of sp³-hybridized carbons (Fsp3) is 0.538. The maximum atomic E-state index is 12.5. The second-order valence-corrected chi connectivity index (χ2v) is 8.21. The third-order valence-electron chi connectivity index (χ3n) is 3.68. The van der Waals surface area contributed by atoms with E-state index in [0.29, 0.717) is 42.5 Å². The topological polar surface area (TPSA) is 104 Å². The molecular weight excluding hydrogens is 382 g/mol. The summed E-state index contributed by atoms with van der Waals surface area (Å²) in [5.41, 5.74) is 0.680. The van der Waals surface area contributed by atoms with E-state index < -0.39 is 0 Å². The molecule has 134 valence electrons. The summed E-state index contributed by atoms with van der Waals surface area (Å²) in [6, 6.07) is 0. The number of carbonyl (C=O) groups excluding carboxylic acids is 2. The smallest absolute Gasteiger partial charge is 0.267 e. The number of nitrogens with one attached hydrogen (secondary N) is 1. The van der Waals surface area contributed by atoms with Gasteiger partial charge in [0.25, 0.3) is 5.91 Å². The van der Waals surface area contributed by atoms with E-state index in [1.165, 1.54) is 23.1 Å². The van der Waals surface area contributed by atoms with Crippen molar-refractivity contribution in [2.24, 2.45) is 0 Å². The van der Waals surface area contributed by atoms with Gasteiger partial charge in [-0.25, -0.2) is 0 Å². The number of hydrogen-bond donors (Lipinski definition) is 1. The van der Waals surface area contributed by atoms with Crippen LogP contribution in [0.2, 0.25) is 0 Å². The Balaban J connectivity index is 1.54. The highest BCUT2D eigenvalue weighted by Crippen LogP contribution is 2.28. The number of aryl methyl sites for hydroxylation is 1. The summed E-state index contributed by atoms with van der Waals surface area (Å²) in [5, 5.41) is 15.6. The second kappa shape index (κ2) is 8.06. The largest absolute Gasteiger partial charge is 0.358 e. The molecule has 1 aliphatic heterocycles. The molecule has 9 nitrogen and oxygen atoms in total. The van der Waals surface area contributed by atoms with Crippen molar-refractivity contribution in [1.82, 2.24) is 30.0 Å².